The lowest BCUT2D eigenvalue weighted by Gasteiger charge is -2.22. The molecule has 1 N–H and O–H groups in total. The molecule has 3 heterocycles. The van der Waals surface area contributed by atoms with Crippen LogP contribution >= 0.6 is 7.49 Å². The average molecular weight is 750 g/mol. The van der Waals surface area contributed by atoms with E-state index in [2.05, 4.69) is 156 Å². The number of hydrogen-bond acceptors (Lipinski definition) is 4. The van der Waals surface area contributed by atoms with Crippen molar-refractivity contribution in [3.8, 4) is 62.2 Å². The number of fused-ring (bicyclic) bond motifs is 8. The molecule has 0 radical (unpaired) electrons. The first-order valence-corrected chi connectivity index (χ1v) is 20.8. The monoisotopic (exact) mass is 749 g/mol. The molecule has 1 aliphatic heterocycles. The molecule has 10 aromatic rings. The highest BCUT2D eigenvalue weighted by Crippen LogP contribution is 2.59. The highest BCUT2D eigenvalue weighted by molar-refractivity contribution is 7.91. The smallest absolute Gasteiger partial charge is 0.239 e. The van der Waals surface area contributed by atoms with Gasteiger partial charge in [0.25, 0.3) is 0 Å². The van der Waals surface area contributed by atoms with Crippen molar-refractivity contribution in [1.29, 1.82) is 0 Å². The Morgan fingerprint density at radius 2 is 0.947 bits per heavy atom. The SMILES string of the molecule is O[P+]1(c2ccc3ccccc3c2)c2ccccc2-c2c(n(-c3nc(-c4ccccc4)nc(-c4ccc(-c5ccccc5)cc4)n3)c3ccccc23)-c2ccccc21. The fraction of sp³-hybridized carbons (Fsp3) is 0. The van der Waals surface area contributed by atoms with Gasteiger partial charge in [-0.3, -0.25) is 4.57 Å². The Kier molecular flexibility index (Phi) is 7.78. The first kappa shape index (κ1) is 33.3. The molecule has 0 aliphatic carbocycles. The quantitative estimate of drug-likeness (QED) is 0.178. The fourth-order valence-electron chi connectivity index (χ4n) is 8.44. The van der Waals surface area contributed by atoms with Crippen molar-refractivity contribution >= 4 is 45.1 Å². The van der Waals surface area contributed by atoms with E-state index in [1.165, 1.54) is 0 Å². The summed E-state index contributed by atoms with van der Waals surface area (Å²) in [5, 5.41) is 6.02. The molecule has 0 saturated carbocycles. The number of para-hydroxylation sites is 1. The molecule has 6 heteroatoms. The van der Waals surface area contributed by atoms with Crippen molar-refractivity contribution < 1.29 is 4.89 Å². The van der Waals surface area contributed by atoms with E-state index in [-0.39, 0.29) is 0 Å². The molecular weight excluding hydrogens is 716 g/mol. The predicted octanol–water partition coefficient (Wildman–Crippen LogP) is 10.8. The Morgan fingerprint density at radius 1 is 0.421 bits per heavy atom. The van der Waals surface area contributed by atoms with Gasteiger partial charge in [-0.1, -0.05) is 164 Å². The number of nitrogens with zero attached hydrogens (tertiary/aromatic N) is 4. The first-order valence-electron chi connectivity index (χ1n) is 19.1. The summed E-state index contributed by atoms with van der Waals surface area (Å²) in [5.41, 5.74) is 8.95. The van der Waals surface area contributed by atoms with Crippen molar-refractivity contribution in [3.63, 3.8) is 0 Å². The molecule has 0 bridgehead atoms. The van der Waals surface area contributed by atoms with Gasteiger partial charge in [0.05, 0.1) is 11.2 Å². The van der Waals surface area contributed by atoms with Crippen LogP contribution in [0.2, 0.25) is 0 Å². The van der Waals surface area contributed by atoms with Crippen LogP contribution in [-0.2, 0) is 0 Å². The summed E-state index contributed by atoms with van der Waals surface area (Å²) < 4.78 is 2.19. The molecule has 11 rings (SSSR count). The highest BCUT2D eigenvalue weighted by Gasteiger charge is 2.51. The van der Waals surface area contributed by atoms with Crippen molar-refractivity contribution in [2.75, 3.05) is 0 Å². The van der Waals surface area contributed by atoms with E-state index in [9.17, 15) is 4.89 Å². The van der Waals surface area contributed by atoms with Gasteiger partial charge < -0.3 is 0 Å². The molecule has 8 aromatic carbocycles. The van der Waals surface area contributed by atoms with E-state index in [4.69, 9.17) is 15.0 Å². The van der Waals surface area contributed by atoms with Gasteiger partial charge in [0, 0.05) is 33.2 Å². The number of benzene rings is 8. The van der Waals surface area contributed by atoms with Crippen molar-refractivity contribution in [2.45, 2.75) is 0 Å². The summed E-state index contributed by atoms with van der Waals surface area (Å²) in [6.07, 6.45) is 0. The molecule has 0 saturated heterocycles. The zero-order chi connectivity index (χ0) is 37.9. The lowest BCUT2D eigenvalue weighted by molar-refractivity contribution is 0.633. The third-order valence-corrected chi connectivity index (χ3v) is 14.3. The standard InChI is InChI=1S/C51H34N4OP/c56-57(40-32-31-35-17-7-8-20-39(35)33-40)45-25-13-10-22-42(45)47-41-21-9-12-24-44(41)55(48(47)43-23-11-14-26-46(43)57)51-53-49(37-18-5-2-6-19-37)52-50(54-51)38-29-27-36(28-30-38)34-15-3-1-4-16-34/h1-33,56H/q+1. The predicted molar refractivity (Wildman–Crippen MR) is 236 cm³/mol. The minimum atomic E-state index is -3.19. The lowest BCUT2D eigenvalue weighted by atomic mass is 9.98. The second kappa shape index (κ2) is 13.3. The van der Waals surface area contributed by atoms with Crippen molar-refractivity contribution in [2.24, 2.45) is 0 Å². The van der Waals surface area contributed by atoms with E-state index in [1.54, 1.807) is 0 Å². The van der Waals surface area contributed by atoms with Crippen LogP contribution < -0.4 is 15.9 Å². The highest BCUT2D eigenvalue weighted by atomic mass is 31.2. The second-order valence-corrected chi connectivity index (χ2v) is 17.1. The zero-order valence-electron chi connectivity index (χ0n) is 30.7. The normalized spacial score (nSPS) is 14.5. The van der Waals surface area contributed by atoms with Gasteiger partial charge in [-0.05, 0) is 58.3 Å². The van der Waals surface area contributed by atoms with Crippen LogP contribution in [-0.4, -0.2) is 24.4 Å². The zero-order valence-corrected chi connectivity index (χ0v) is 31.6. The fourth-order valence-corrected chi connectivity index (χ4v) is 11.5. The molecule has 1 unspecified atom stereocenters. The summed E-state index contributed by atoms with van der Waals surface area (Å²) in [5.74, 6) is 1.66. The van der Waals surface area contributed by atoms with Gasteiger partial charge in [0.1, 0.15) is 15.9 Å². The Labute approximate surface area is 330 Å². The summed E-state index contributed by atoms with van der Waals surface area (Å²) in [6, 6.07) is 68.9. The van der Waals surface area contributed by atoms with E-state index < -0.39 is 7.49 Å². The minimum absolute atomic E-state index is 0.505. The molecule has 57 heavy (non-hydrogen) atoms. The Hall–Kier alpha value is -7.04. The van der Waals surface area contributed by atoms with E-state index >= 15 is 0 Å². The molecule has 1 aliphatic rings. The minimum Gasteiger partial charge on any atom is -0.277 e. The summed E-state index contributed by atoms with van der Waals surface area (Å²) >= 11 is 0. The van der Waals surface area contributed by atoms with Gasteiger partial charge in [0.2, 0.25) is 13.4 Å². The molecule has 0 amide bonds. The van der Waals surface area contributed by atoms with Gasteiger partial charge >= 0.3 is 0 Å². The Morgan fingerprint density at radius 3 is 1.68 bits per heavy atom. The van der Waals surface area contributed by atoms with Gasteiger partial charge in [0.15, 0.2) is 11.6 Å². The number of rotatable bonds is 5. The van der Waals surface area contributed by atoms with Crippen LogP contribution in [0.25, 0.3) is 83.9 Å². The van der Waals surface area contributed by atoms with Gasteiger partial charge in [-0.2, -0.15) is 9.97 Å². The summed E-state index contributed by atoms with van der Waals surface area (Å²) in [4.78, 5) is 29.3. The van der Waals surface area contributed by atoms with Gasteiger partial charge in [-0.25, -0.2) is 9.88 Å². The Bertz CT molecular complexity index is 3140. The third-order valence-electron chi connectivity index (χ3n) is 11.1. The molecule has 0 fully saturated rings. The van der Waals surface area contributed by atoms with Crippen molar-refractivity contribution in [3.05, 3.63) is 200 Å². The molecule has 1 atom stereocenters. The Balaban J connectivity index is 1.21. The van der Waals surface area contributed by atoms with E-state index in [1.807, 2.05) is 48.5 Å². The maximum Gasteiger partial charge on any atom is 0.239 e. The van der Waals surface area contributed by atoms with Crippen LogP contribution in [0.5, 0.6) is 0 Å². The lowest BCUT2D eigenvalue weighted by Crippen LogP contribution is -2.32. The molecule has 2 aromatic heterocycles. The summed E-state index contributed by atoms with van der Waals surface area (Å²) in [7, 11) is -3.19. The van der Waals surface area contributed by atoms with Crippen LogP contribution in [0.15, 0.2) is 200 Å². The average Bonchev–Trinajstić information content (AvgIpc) is 3.60. The molecule has 268 valence electrons. The maximum absolute atomic E-state index is 13.7. The molecule has 5 nitrogen and oxygen atoms in total. The number of hydrogen-bond donors (Lipinski definition) is 1. The van der Waals surface area contributed by atoms with Gasteiger partial charge in [-0.15, -0.1) is 0 Å². The maximum atomic E-state index is 13.7. The van der Waals surface area contributed by atoms with Crippen molar-refractivity contribution in [1.82, 2.24) is 19.5 Å². The van der Waals surface area contributed by atoms with E-state index in [0.29, 0.717) is 17.6 Å². The summed E-state index contributed by atoms with van der Waals surface area (Å²) in [6.45, 7) is 0. The second-order valence-electron chi connectivity index (χ2n) is 14.4. The topological polar surface area (TPSA) is 63.8 Å². The number of aromatic nitrogens is 4. The first-order chi connectivity index (χ1) is 28.1. The van der Waals surface area contributed by atoms with Crippen LogP contribution in [0.3, 0.4) is 0 Å². The molecular formula is C51H34N4OP+. The third kappa shape index (κ3) is 5.36. The van der Waals surface area contributed by atoms with Crippen LogP contribution in [0.4, 0.5) is 0 Å². The molecule has 0 spiro atoms. The van der Waals surface area contributed by atoms with Crippen LogP contribution in [0.1, 0.15) is 0 Å². The largest absolute Gasteiger partial charge is 0.277 e. The van der Waals surface area contributed by atoms with Crippen LogP contribution in [0, 0.1) is 0 Å². The van der Waals surface area contributed by atoms with E-state index in [0.717, 1.165) is 82.2 Å².